The smallest absolute Gasteiger partial charge is 0.255 e. The van der Waals surface area contributed by atoms with Gasteiger partial charge in [0.1, 0.15) is 5.82 Å². The van der Waals surface area contributed by atoms with Gasteiger partial charge in [-0.3, -0.25) is 4.79 Å². The maximum Gasteiger partial charge on any atom is 0.255 e. The molecule has 0 aliphatic rings. The van der Waals surface area contributed by atoms with E-state index in [0.29, 0.717) is 40.4 Å². The lowest BCUT2D eigenvalue weighted by atomic mass is 10.1. The highest BCUT2D eigenvalue weighted by atomic mass is 19.1. The molecule has 0 bridgehead atoms. The minimum atomic E-state index is -0.361. The van der Waals surface area contributed by atoms with Crippen LogP contribution in [0.2, 0.25) is 0 Å². The molecule has 0 radical (unpaired) electrons. The van der Waals surface area contributed by atoms with E-state index in [0.717, 1.165) is 5.56 Å². The van der Waals surface area contributed by atoms with E-state index in [4.69, 9.17) is 11.1 Å². The average molecular weight is 376 g/mol. The van der Waals surface area contributed by atoms with Gasteiger partial charge in [-0.05, 0) is 55.0 Å². The summed E-state index contributed by atoms with van der Waals surface area (Å²) in [5, 5.41) is 13.7. The molecule has 0 aliphatic carbocycles. The molecule has 0 aromatic heterocycles. The Labute approximate surface area is 162 Å². The van der Waals surface area contributed by atoms with Gasteiger partial charge in [-0.15, -0.1) is 0 Å². The third-order valence-corrected chi connectivity index (χ3v) is 4.29. The second-order valence-electron chi connectivity index (χ2n) is 6.41. The van der Waals surface area contributed by atoms with Gasteiger partial charge in [0.25, 0.3) is 5.91 Å². The van der Waals surface area contributed by atoms with Crippen molar-refractivity contribution in [3.63, 3.8) is 0 Å². The number of carbonyl (C=O) groups excluding carboxylic acids is 1. The standard InChI is InChI=1S/C22H21FN4O/c1-14(24)18-11-10-17(23)12-21(18)26-13-15-6-8-16(9-7-15)22(28)27-20-5-3-2-4-19(20)25/h2-12,24,26H,13,25H2,1H3,(H,27,28). The number of hydrogen-bond donors (Lipinski definition) is 4. The Morgan fingerprint density at radius 3 is 2.43 bits per heavy atom. The monoisotopic (exact) mass is 376 g/mol. The lowest BCUT2D eigenvalue weighted by Gasteiger charge is -2.12. The Morgan fingerprint density at radius 1 is 1.04 bits per heavy atom. The van der Waals surface area contributed by atoms with Gasteiger partial charge < -0.3 is 21.8 Å². The summed E-state index contributed by atoms with van der Waals surface area (Å²) in [6.45, 7) is 2.10. The van der Waals surface area contributed by atoms with Crippen LogP contribution in [0.3, 0.4) is 0 Å². The zero-order valence-corrected chi connectivity index (χ0v) is 15.4. The van der Waals surface area contributed by atoms with Gasteiger partial charge >= 0.3 is 0 Å². The summed E-state index contributed by atoms with van der Waals surface area (Å²) in [5.74, 6) is -0.607. The Morgan fingerprint density at radius 2 is 1.75 bits per heavy atom. The summed E-state index contributed by atoms with van der Waals surface area (Å²) in [6, 6.07) is 18.5. The summed E-state index contributed by atoms with van der Waals surface area (Å²) < 4.78 is 13.5. The van der Waals surface area contributed by atoms with E-state index in [-0.39, 0.29) is 11.7 Å². The number of nitrogens with one attached hydrogen (secondary N) is 3. The molecule has 1 amide bonds. The van der Waals surface area contributed by atoms with Crippen molar-refractivity contribution < 1.29 is 9.18 Å². The molecule has 142 valence electrons. The predicted octanol–water partition coefficient (Wildman–Crippen LogP) is 4.66. The molecular formula is C22H21FN4O. The molecule has 5 nitrogen and oxygen atoms in total. The normalized spacial score (nSPS) is 10.4. The number of nitrogens with two attached hydrogens (primary N) is 1. The molecule has 0 heterocycles. The fourth-order valence-corrected chi connectivity index (χ4v) is 2.77. The molecular weight excluding hydrogens is 355 g/mol. The minimum absolute atomic E-state index is 0.246. The van der Waals surface area contributed by atoms with Crippen molar-refractivity contribution >= 4 is 28.7 Å². The number of anilines is 3. The van der Waals surface area contributed by atoms with Crippen molar-refractivity contribution in [1.29, 1.82) is 5.41 Å². The van der Waals surface area contributed by atoms with Crippen molar-refractivity contribution in [2.24, 2.45) is 0 Å². The van der Waals surface area contributed by atoms with Crippen molar-refractivity contribution in [2.45, 2.75) is 13.5 Å². The number of amides is 1. The Bertz CT molecular complexity index is 1020. The van der Waals surface area contributed by atoms with E-state index < -0.39 is 0 Å². The van der Waals surface area contributed by atoms with Crippen LogP contribution in [-0.2, 0) is 6.54 Å². The molecule has 3 aromatic rings. The van der Waals surface area contributed by atoms with E-state index in [2.05, 4.69) is 10.6 Å². The first-order valence-corrected chi connectivity index (χ1v) is 8.78. The van der Waals surface area contributed by atoms with Crippen LogP contribution < -0.4 is 16.4 Å². The van der Waals surface area contributed by atoms with Gasteiger partial charge in [0.05, 0.1) is 11.4 Å². The molecule has 0 saturated heterocycles. The number of halogens is 1. The Balaban J connectivity index is 1.67. The minimum Gasteiger partial charge on any atom is -0.397 e. The van der Waals surface area contributed by atoms with Crippen LogP contribution >= 0.6 is 0 Å². The van der Waals surface area contributed by atoms with Crippen LogP contribution in [0.1, 0.15) is 28.4 Å². The van der Waals surface area contributed by atoms with E-state index >= 15 is 0 Å². The van der Waals surface area contributed by atoms with Crippen molar-refractivity contribution in [1.82, 2.24) is 0 Å². The summed E-state index contributed by atoms with van der Waals surface area (Å²) in [4.78, 5) is 12.4. The SMILES string of the molecule is CC(=N)c1ccc(F)cc1NCc1ccc(C(=O)Nc2ccccc2N)cc1. The molecule has 0 spiro atoms. The molecule has 0 aliphatic heterocycles. The van der Waals surface area contributed by atoms with Gasteiger partial charge in [0.15, 0.2) is 0 Å². The number of para-hydroxylation sites is 2. The fraction of sp³-hybridized carbons (Fsp3) is 0.0909. The first-order chi connectivity index (χ1) is 13.4. The molecule has 3 aromatic carbocycles. The van der Waals surface area contributed by atoms with Crippen LogP contribution in [0.4, 0.5) is 21.5 Å². The predicted molar refractivity (Wildman–Crippen MR) is 111 cm³/mol. The lowest BCUT2D eigenvalue weighted by molar-refractivity contribution is 0.102. The second-order valence-corrected chi connectivity index (χ2v) is 6.41. The van der Waals surface area contributed by atoms with Crippen molar-refractivity contribution in [2.75, 3.05) is 16.4 Å². The summed E-state index contributed by atoms with van der Waals surface area (Å²) in [5.41, 5.74) is 9.92. The summed E-state index contributed by atoms with van der Waals surface area (Å²) >= 11 is 0. The fourth-order valence-electron chi connectivity index (χ4n) is 2.77. The molecule has 5 N–H and O–H groups in total. The van der Waals surface area contributed by atoms with E-state index in [9.17, 15) is 9.18 Å². The van der Waals surface area contributed by atoms with Gasteiger partial charge in [-0.2, -0.15) is 0 Å². The lowest BCUT2D eigenvalue weighted by Crippen LogP contribution is -2.13. The van der Waals surface area contributed by atoms with Crippen molar-refractivity contribution in [3.05, 3.63) is 89.2 Å². The number of rotatable bonds is 6. The molecule has 0 unspecified atom stereocenters. The van der Waals surface area contributed by atoms with Gasteiger partial charge in [0.2, 0.25) is 0 Å². The molecule has 28 heavy (non-hydrogen) atoms. The summed E-state index contributed by atoms with van der Waals surface area (Å²) in [6.07, 6.45) is 0. The quantitative estimate of drug-likeness (QED) is 0.372. The molecule has 6 heteroatoms. The Hall–Kier alpha value is -3.67. The number of benzene rings is 3. The third-order valence-electron chi connectivity index (χ3n) is 4.29. The van der Waals surface area contributed by atoms with Gasteiger partial charge in [-0.25, -0.2) is 4.39 Å². The third kappa shape index (κ3) is 4.54. The van der Waals surface area contributed by atoms with E-state index in [1.54, 1.807) is 49.4 Å². The second kappa shape index (κ2) is 8.35. The van der Waals surface area contributed by atoms with Crippen LogP contribution in [0.15, 0.2) is 66.7 Å². The van der Waals surface area contributed by atoms with E-state index in [1.165, 1.54) is 12.1 Å². The zero-order valence-electron chi connectivity index (χ0n) is 15.4. The Kier molecular flexibility index (Phi) is 5.69. The maximum atomic E-state index is 13.5. The highest BCUT2D eigenvalue weighted by Gasteiger charge is 2.09. The molecule has 0 fully saturated rings. The van der Waals surface area contributed by atoms with Crippen LogP contribution in [0, 0.1) is 11.2 Å². The number of carbonyl (C=O) groups is 1. The largest absolute Gasteiger partial charge is 0.397 e. The maximum absolute atomic E-state index is 13.5. The number of nitrogen functional groups attached to an aromatic ring is 1. The van der Waals surface area contributed by atoms with Gasteiger partial charge in [-0.1, -0.05) is 24.3 Å². The van der Waals surface area contributed by atoms with Crippen LogP contribution in [0.5, 0.6) is 0 Å². The summed E-state index contributed by atoms with van der Waals surface area (Å²) in [7, 11) is 0. The number of hydrogen-bond acceptors (Lipinski definition) is 4. The van der Waals surface area contributed by atoms with Crippen LogP contribution in [0.25, 0.3) is 0 Å². The molecule has 0 atom stereocenters. The topological polar surface area (TPSA) is 91.0 Å². The van der Waals surface area contributed by atoms with Gasteiger partial charge in [0, 0.05) is 29.1 Å². The highest BCUT2D eigenvalue weighted by molar-refractivity contribution is 6.05. The first kappa shape index (κ1) is 19.1. The zero-order chi connectivity index (χ0) is 20.1. The highest BCUT2D eigenvalue weighted by Crippen LogP contribution is 2.20. The van der Waals surface area contributed by atoms with Crippen LogP contribution in [-0.4, -0.2) is 11.6 Å². The molecule has 3 rings (SSSR count). The average Bonchev–Trinajstić information content (AvgIpc) is 2.68. The van der Waals surface area contributed by atoms with E-state index in [1.807, 2.05) is 12.1 Å². The molecule has 0 saturated carbocycles. The first-order valence-electron chi connectivity index (χ1n) is 8.78. The van der Waals surface area contributed by atoms with Crippen molar-refractivity contribution in [3.8, 4) is 0 Å².